The average molecular weight is 344 g/mol. The Kier molecular flexibility index (Phi) is 3.91. The van der Waals surface area contributed by atoms with Crippen LogP contribution in [0.2, 0.25) is 0 Å². The number of sulfone groups is 1. The fraction of sp³-hybridized carbons (Fsp3) is 0.0769. The van der Waals surface area contributed by atoms with Crippen LogP contribution in [0.1, 0.15) is 5.56 Å². The molecule has 3 nitrogen and oxygen atoms in total. The zero-order valence-corrected chi connectivity index (χ0v) is 12.2. The zero-order valence-electron chi connectivity index (χ0n) is 9.81. The fourth-order valence-corrected chi connectivity index (χ4v) is 4.10. The van der Waals surface area contributed by atoms with E-state index < -0.39 is 15.7 Å². The highest BCUT2D eigenvalue weighted by Gasteiger charge is 2.18. The van der Waals surface area contributed by atoms with E-state index in [2.05, 4.69) is 15.9 Å². The summed E-state index contributed by atoms with van der Waals surface area (Å²) in [7, 11) is -3.53. The number of rotatable bonds is 3. The standard InChI is InChI=1S/C13H11BrFNO2S/c14-10-3-1-2-4-13(10)19(17,18)8-9-5-6-12(16)11(15)7-9/h1-7H,8,16H2. The molecule has 0 radical (unpaired) electrons. The number of anilines is 1. The maximum absolute atomic E-state index is 13.3. The number of hydrogen-bond acceptors (Lipinski definition) is 3. The van der Waals surface area contributed by atoms with Crippen LogP contribution >= 0.6 is 15.9 Å². The van der Waals surface area contributed by atoms with Crippen molar-refractivity contribution in [2.24, 2.45) is 0 Å². The molecule has 2 N–H and O–H groups in total. The van der Waals surface area contributed by atoms with E-state index in [1.165, 1.54) is 18.2 Å². The zero-order chi connectivity index (χ0) is 14.0. The van der Waals surface area contributed by atoms with Crippen LogP contribution in [-0.4, -0.2) is 8.42 Å². The van der Waals surface area contributed by atoms with Gasteiger partial charge in [0.2, 0.25) is 0 Å². The van der Waals surface area contributed by atoms with Crippen LogP contribution in [-0.2, 0) is 15.6 Å². The molecule has 19 heavy (non-hydrogen) atoms. The molecule has 6 heteroatoms. The van der Waals surface area contributed by atoms with Gasteiger partial charge < -0.3 is 5.73 Å². The Hall–Kier alpha value is -1.40. The van der Waals surface area contributed by atoms with Gasteiger partial charge in [0.05, 0.1) is 16.3 Å². The van der Waals surface area contributed by atoms with Crippen molar-refractivity contribution in [2.45, 2.75) is 10.6 Å². The van der Waals surface area contributed by atoms with Gasteiger partial charge >= 0.3 is 0 Å². The van der Waals surface area contributed by atoms with Crippen LogP contribution in [0.25, 0.3) is 0 Å². The molecule has 2 aromatic carbocycles. The van der Waals surface area contributed by atoms with E-state index in [0.717, 1.165) is 6.07 Å². The molecule has 0 saturated carbocycles. The molecule has 0 fully saturated rings. The van der Waals surface area contributed by atoms with Gasteiger partial charge in [0, 0.05) is 4.47 Å². The van der Waals surface area contributed by atoms with E-state index in [1.54, 1.807) is 18.2 Å². The van der Waals surface area contributed by atoms with Gasteiger partial charge in [-0.25, -0.2) is 12.8 Å². The molecule has 2 rings (SSSR count). The molecular formula is C13H11BrFNO2S. The highest BCUT2D eigenvalue weighted by Crippen LogP contribution is 2.25. The van der Waals surface area contributed by atoms with E-state index in [4.69, 9.17) is 5.73 Å². The number of nitrogen functional groups attached to an aromatic ring is 1. The molecule has 100 valence electrons. The summed E-state index contributed by atoms with van der Waals surface area (Å²) in [5.41, 5.74) is 5.72. The number of halogens is 2. The lowest BCUT2D eigenvalue weighted by molar-refractivity contribution is 0.594. The number of nitrogens with two attached hydrogens (primary N) is 1. The molecule has 0 amide bonds. The molecule has 0 atom stereocenters. The number of hydrogen-bond donors (Lipinski definition) is 1. The average Bonchev–Trinajstić information content (AvgIpc) is 2.34. The van der Waals surface area contributed by atoms with E-state index in [1.807, 2.05) is 0 Å². The van der Waals surface area contributed by atoms with Crippen molar-refractivity contribution in [3.63, 3.8) is 0 Å². The van der Waals surface area contributed by atoms with Gasteiger partial charge in [0.1, 0.15) is 5.82 Å². The first kappa shape index (κ1) is 14.0. The fourth-order valence-electron chi connectivity index (χ4n) is 1.65. The first-order valence-corrected chi connectivity index (χ1v) is 7.86. The van der Waals surface area contributed by atoms with Crippen molar-refractivity contribution in [1.82, 2.24) is 0 Å². The topological polar surface area (TPSA) is 60.2 Å². The quantitative estimate of drug-likeness (QED) is 0.871. The maximum Gasteiger partial charge on any atom is 0.183 e. The maximum atomic E-state index is 13.3. The van der Waals surface area contributed by atoms with Crippen LogP contribution in [0, 0.1) is 5.82 Å². The van der Waals surface area contributed by atoms with Crippen molar-refractivity contribution in [3.8, 4) is 0 Å². The summed E-state index contributed by atoms with van der Waals surface area (Å²) in [5.74, 6) is -0.882. The highest BCUT2D eigenvalue weighted by atomic mass is 79.9. The van der Waals surface area contributed by atoms with E-state index in [0.29, 0.717) is 10.0 Å². The molecule has 2 aromatic rings. The van der Waals surface area contributed by atoms with Gasteiger partial charge in [-0.3, -0.25) is 0 Å². The second-order valence-corrected chi connectivity index (χ2v) is 6.86. The van der Waals surface area contributed by atoms with Crippen molar-refractivity contribution in [2.75, 3.05) is 5.73 Å². The van der Waals surface area contributed by atoms with Crippen LogP contribution in [0.4, 0.5) is 10.1 Å². The smallest absolute Gasteiger partial charge is 0.183 e. The first-order valence-electron chi connectivity index (χ1n) is 5.41. The summed E-state index contributed by atoms with van der Waals surface area (Å²) < 4.78 is 38.3. The normalized spacial score (nSPS) is 11.5. The van der Waals surface area contributed by atoms with E-state index >= 15 is 0 Å². The minimum Gasteiger partial charge on any atom is -0.396 e. The van der Waals surface area contributed by atoms with Crippen molar-refractivity contribution >= 4 is 31.5 Å². The second-order valence-electron chi connectivity index (χ2n) is 4.05. The summed E-state index contributed by atoms with van der Waals surface area (Å²) in [6.45, 7) is 0. The third-order valence-electron chi connectivity index (χ3n) is 2.59. The van der Waals surface area contributed by atoms with Gasteiger partial charge in [-0.2, -0.15) is 0 Å². The molecule has 0 saturated heterocycles. The second kappa shape index (κ2) is 5.30. The Bertz CT molecular complexity index is 716. The molecule has 0 bridgehead atoms. The lowest BCUT2D eigenvalue weighted by Gasteiger charge is -2.07. The van der Waals surface area contributed by atoms with E-state index in [-0.39, 0.29) is 16.3 Å². The van der Waals surface area contributed by atoms with Crippen molar-refractivity contribution in [3.05, 3.63) is 58.3 Å². The Labute approximate surface area is 119 Å². The predicted octanol–water partition coefficient (Wildman–Crippen LogP) is 3.14. The molecular weight excluding hydrogens is 333 g/mol. The van der Waals surface area contributed by atoms with Crippen LogP contribution in [0.3, 0.4) is 0 Å². The van der Waals surface area contributed by atoms with E-state index in [9.17, 15) is 12.8 Å². The third-order valence-corrected chi connectivity index (χ3v) is 5.29. The summed E-state index contributed by atoms with van der Waals surface area (Å²) in [5, 5.41) is 0. The first-order chi connectivity index (χ1) is 8.90. The van der Waals surface area contributed by atoms with Gasteiger partial charge in [0.25, 0.3) is 0 Å². The van der Waals surface area contributed by atoms with Gasteiger partial charge in [-0.15, -0.1) is 0 Å². The third kappa shape index (κ3) is 3.13. The minimum atomic E-state index is -3.53. The van der Waals surface area contributed by atoms with Crippen molar-refractivity contribution < 1.29 is 12.8 Å². The Morgan fingerprint density at radius 3 is 2.47 bits per heavy atom. The summed E-state index contributed by atoms with van der Waals surface area (Å²) in [6, 6.07) is 10.5. The summed E-state index contributed by atoms with van der Waals surface area (Å²) in [4.78, 5) is 0.187. The van der Waals surface area contributed by atoms with Gasteiger partial charge in [0.15, 0.2) is 9.84 Å². The monoisotopic (exact) mass is 343 g/mol. The highest BCUT2D eigenvalue weighted by molar-refractivity contribution is 9.10. The molecule has 0 spiro atoms. The minimum absolute atomic E-state index is 0.00189. The van der Waals surface area contributed by atoms with Crippen LogP contribution in [0.15, 0.2) is 51.8 Å². The molecule has 0 unspecified atom stereocenters. The van der Waals surface area contributed by atoms with Gasteiger partial charge in [-0.05, 0) is 45.8 Å². The SMILES string of the molecule is Nc1ccc(CS(=O)(=O)c2ccccc2Br)cc1F. The molecule has 0 aliphatic carbocycles. The summed E-state index contributed by atoms with van der Waals surface area (Å²) >= 11 is 3.20. The molecule has 0 aliphatic rings. The summed E-state index contributed by atoms with van der Waals surface area (Å²) in [6.07, 6.45) is 0. The molecule has 0 heterocycles. The lowest BCUT2D eigenvalue weighted by Crippen LogP contribution is -2.06. The van der Waals surface area contributed by atoms with Gasteiger partial charge in [-0.1, -0.05) is 18.2 Å². The predicted molar refractivity (Wildman–Crippen MR) is 75.8 cm³/mol. The molecule has 0 aliphatic heterocycles. The Balaban J connectivity index is 2.37. The lowest BCUT2D eigenvalue weighted by atomic mass is 10.2. The Morgan fingerprint density at radius 1 is 1.16 bits per heavy atom. The largest absolute Gasteiger partial charge is 0.396 e. The van der Waals surface area contributed by atoms with Crippen LogP contribution < -0.4 is 5.73 Å². The number of benzene rings is 2. The van der Waals surface area contributed by atoms with Crippen molar-refractivity contribution in [1.29, 1.82) is 0 Å². The molecule has 0 aromatic heterocycles. The van der Waals surface area contributed by atoms with Crippen LogP contribution in [0.5, 0.6) is 0 Å². The Morgan fingerprint density at radius 2 is 1.84 bits per heavy atom.